The smallest absolute Gasteiger partial charge is 0.322 e. The van der Waals surface area contributed by atoms with E-state index in [1.54, 1.807) is 13.8 Å². The van der Waals surface area contributed by atoms with E-state index in [4.69, 9.17) is 5.11 Å². The van der Waals surface area contributed by atoms with Gasteiger partial charge in [-0.25, -0.2) is 0 Å². The third kappa shape index (κ3) is 5.66. The molecule has 0 rings (SSSR count). The summed E-state index contributed by atoms with van der Waals surface area (Å²) in [6.07, 6.45) is 0. The molecule has 1 atom stereocenters. The van der Waals surface area contributed by atoms with Crippen LogP contribution in [0.4, 0.5) is 0 Å². The van der Waals surface area contributed by atoms with Crippen LogP contribution in [0.2, 0.25) is 0 Å². The van der Waals surface area contributed by atoms with Gasteiger partial charge in [0.05, 0.1) is 0 Å². The zero-order chi connectivity index (χ0) is 12.0. The Kier molecular flexibility index (Phi) is 5.36. The van der Waals surface area contributed by atoms with E-state index < -0.39 is 24.5 Å². The molecule has 0 bridgehead atoms. The van der Waals surface area contributed by atoms with Crippen LogP contribution in [0, 0.1) is 5.92 Å². The normalized spacial score (nSPS) is 12.0. The van der Waals surface area contributed by atoms with Gasteiger partial charge in [-0.15, -0.1) is 0 Å². The number of carboxylic acids is 1. The maximum atomic E-state index is 11.4. The first-order valence-corrected chi connectivity index (χ1v) is 4.61. The zero-order valence-corrected chi connectivity index (χ0v) is 9.03. The molecule has 0 saturated carbocycles. The lowest BCUT2D eigenvalue weighted by atomic mass is 10.0. The molecule has 1 unspecified atom stereocenters. The van der Waals surface area contributed by atoms with Gasteiger partial charge in [-0.1, -0.05) is 13.8 Å². The molecule has 6 nitrogen and oxygen atoms in total. The SMILES string of the molecule is CC(=O)NC(C(=O)NCC(=O)O)C(C)C. The van der Waals surface area contributed by atoms with Gasteiger partial charge in [0, 0.05) is 6.92 Å². The molecule has 0 aliphatic carbocycles. The number of carbonyl (C=O) groups excluding carboxylic acids is 2. The van der Waals surface area contributed by atoms with Gasteiger partial charge in [0.2, 0.25) is 11.8 Å². The number of aliphatic carboxylic acids is 1. The molecule has 0 aromatic rings. The van der Waals surface area contributed by atoms with E-state index in [2.05, 4.69) is 10.6 Å². The summed E-state index contributed by atoms with van der Waals surface area (Å²) in [6.45, 7) is 4.39. The van der Waals surface area contributed by atoms with Crippen LogP contribution in [0.25, 0.3) is 0 Å². The fourth-order valence-corrected chi connectivity index (χ4v) is 1.03. The minimum atomic E-state index is -1.12. The van der Waals surface area contributed by atoms with Gasteiger partial charge in [-0.3, -0.25) is 14.4 Å². The highest BCUT2D eigenvalue weighted by Gasteiger charge is 2.22. The van der Waals surface area contributed by atoms with Crippen molar-refractivity contribution in [3.05, 3.63) is 0 Å². The first kappa shape index (κ1) is 13.4. The van der Waals surface area contributed by atoms with Crippen molar-refractivity contribution in [1.82, 2.24) is 10.6 Å². The van der Waals surface area contributed by atoms with Gasteiger partial charge < -0.3 is 15.7 Å². The van der Waals surface area contributed by atoms with Crippen molar-refractivity contribution in [2.24, 2.45) is 5.92 Å². The average molecular weight is 216 g/mol. The van der Waals surface area contributed by atoms with Crippen LogP contribution in [0.15, 0.2) is 0 Å². The summed E-state index contributed by atoms with van der Waals surface area (Å²) in [5.74, 6) is -2.02. The van der Waals surface area contributed by atoms with Crippen LogP contribution in [0.1, 0.15) is 20.8 Å². The Bertz CT molecular complexity index is 263. The fourth-order valence-electron chi connectivity index (χ4n) is 1.03. The molecule has 0 aliphatic heterocycles. The van der Waals surface area contributed by atoms with E-state index in [1.807, 2.05) is 0 Å². The molecule has 0 saturated heterocycles. The Balaban J connectivity index is 4.29. The first-order chi connectivity index (χ1) is 6.84. The Morgan fingerprint density at radius 3 is 2.13 bits per heavy atom. The quantitative estimate of drug-likeness (QED) is 0.569. The molecular formula is C9H16N2O4. The van der Waals surface area contributed by atoms with Crippen molar-refractivity contribution >= 4 is 17.8 Å². The number of rotatable bonds is 5. The summed E-state index contributed by atoms with van der Waals surface area (Å²) in [5, 5.41) is 13.0. The van der Waals surface area contributed by atoms with Gasteiger partial charge in [0.15, 0.2) is 0 Å². The number of nitrogens with one attached hydrogen (secondary N) is 2. The summed E-state index contributed by atoms with van der Waals surface area (Å²) >= 11 is 0. The van der Waals surface area contributed by atoms with Gasteiger partial charge in [0.1, 0.15) is 12.6 Å². The maximum Gasteiger partial charge on any atom is 0.322 e. The number of carboxylic acid groups (broad SMARTS) is 1. The monoisotopic (exact) mass is 216 g/mol. The standard InChI is InChI=1S/C9H16N2O4/c1-5(2)8(11-6(3)12)9(15)10-4-7(13)14/h5,8H,4H2,1-3H3,(H,10,15)(H,11,12)(H,13,14). The Hall–Kier alpha value is -1.59. The molecule has 0 spiro atoms. The molecule has 2 amide bonds. The van der Waals surface area contributed by atoms with E-state index in [0.717, 1.165) is 0 Å². The lowest BCUT2D eigenvalue weighted by molar-refractivity contribution is -0.138. The fraction of sp³-hybridized carbons (Fsp3) is 0.667. The summed E-state index contributed by atoms with van der Waals surface area (Å²) in [7, 11) is 0. The molecule has 15 heavy (non-hydrogen) atoms. The minimum absolute atomic E-state index is 0.0947. The molecule has 3 N–H and O–H groups in total. The Morgan fingerprint density at radius 1 is 1.27 bits per heavy atom. The highest BCUT2D eigenvalue weighted by atomic mass is 16.4. The van der Waals surface area contributed by atoms with Gasteiger partial charge >= 0.3 is 5.97 Å². The summed E-state index contributed by atoms with van der Waals surface area (Å²) in [4.78, 5) is 32.4. The van der Waals surface area contributed by atoms with E-state index in [0.29, 0.717) is 0 Å². The Labute approximate surface area is 88.0 Å². The lowest BCUT2D eigenvalue weighted by Gasteiger charge is -2.20. The topological polar surface area (TPSA) is 95.5 Å². The third-order valence-electron chi connectivity index (χ3n) is 1.72. The van der Waals surface area contributed by atoms with E-state index >= 15 is 0 Å². The predicted octanol–water partition coefficient (Wildman–Crippen LogP) is -0.652. The third-order valence-corrected chi connectivity index (χ3v) is 1.72. The van der Waals surface area contributed by atoms with Crippen molar-refractivity contribution in [2.75, 3.05) is 6.54 Å². The second kappa shape index (κ2) is 6.00. The molecule has 0 aromatic carbocycles. The number of amides is 2. The van der Waals surface area contributed by atoms with E-state index in [9.17, 15) is 14.4 Å². The van der Waals surface area contributed by atoms with Crippen LogP contribution >= 0.6 is 0 Å². The zero-order valence-electron chi connectivity index (χ0n) is 9.03. The van der Waals surface area contributed by atoms with Crippen molar-refractivity contribution in [2.45, 2.75) is 26.8 Å². The second-order valence-corrected chi connectivity index (χ2v) is 3.53. The number of hydrogen-bond acceptors (Lipinski definition) is 3. The molecule has 86 valence electrons. The summed E-state index contributed by atoms with van der Waals surface area (Å²) < 4.78 is 0. The highest BCUT2D eigenvalue weighted by molar-refractivity contribution is 5.88. The van der Waals surface area contributed by atoms with Crippen molar-refractivity contribution in [1.29, 1.82) is 0 Å². The van der Waals surface area contributed by atoms with Crippen LogP contribution in [-0.2, 0) is 14.4 Å². The van der Waals surface area contributed by atoms with Crippen molar-refractivity contribution < 1.29 is 19.5 Å². The number of carbonyl (C=O) groups is 3. The summed E-state index contributed by atoms with van der Waals surface area (Å²) in [5.41, 5.74) is 0. The lowest BCUT2D eigenvalue weighted by Crippen LogP contribution is -2.50. The molecule has 0 aromatic heterocycles. The van der Waals surface area contributed by atoms with Gasteiger partial charge in [-0.2, -0.15) is 0 Å². The molecule has 0 radical (unpaired) electrons. The highest BCUT2D eigenvalue weighted by Crippen LogP contribution is 2.01. The number of hydrogen-bond donors (Lipinski definition) is 3. The van der Waals surface area contributed by atoms with E-state index in [1.165, 1.54) is 6.92 Å². The molecular weight excluding hydrogens is 200 g/mol. The van der Waals surface area contributed by atoms with E-state index in [-0.39, 0.29) is 11.8 Å². The predicted molar refractivity (Wildman–Crippen MR) is 53.1 cm³/mol. The van der Waals surface area contributed by atoms with Crippen LogP contribution in [0.5, 0.6) is 0 Å². The van der Waals surface area contributed by atoms with Crippen molar-refractivity contribution in [3.63, 3.8) is 0 Å². The largest absolute Gasteiger partial charge is 0.480 e. The van der Waals surface area contributed by atoms with Gasteiger partial charge in [0.25, 0.3) is 0 Å². The summed E-state index contributed by atoms with van der Waals surface area (Å²) in [6, 6.07) is -0.693. The molecule has 0 aliphatic rings. The average Bonchev–Trinajstić information content (AvgIpc) is 2.09. The van der Waals surface area contributed by atoms with Crippen LogP contribution < -0.4 is 10.6 Å². The molecule has 0 fully saturated rings. The Morgan fingerprint density at radius 2 is 1.80 bits per heavy atom. The maximum absolute atomic E-state index is 11.4. The van der Waals surface area contributed by atoms with Crippen LogP contribution in [-0.4, -0.2) is 35.5 Å². The second-order valence-electron chi connectivity index (χ2n) is 3.53. The molecule has 6 heteroatoms. The van der Waals surface area contributed by atoms with Gasteiger partial charge in [-0.05, 0) is 5.92 Å². The molecule has 0 heterocycles. The van der Waals surface area contributed by atoms with Crippen molar-refractivity contribution in [3.8, 4) is 0 Å². The minimum Gasteiger partial charge on any atom is -0.480 e. The first-order valence-electron chi connectivity index (χ1n) is 4.61. The van der Waals surface area contributed by atoms with Crippen LogP contribution in [0.3, 0.4) is 0 Å².